The number of hydrogen-bond donors (Lipinski definition) is 0. The van der Waals surface area contributed by atoms with Crippen LogP contribution in [0, 0.1) is 0 Å². The Balaban J connectivity index is 2.70. The van der Waals surface area contributed by atoms with Crippen LogP contribution in [0.3, 0.4) is 0 Å². The number of hydrogen-bond acceptors (Lipinski definition) is 2. The molecule has 0 saturated heterocycles. The van der Waals surface area contributed by atoms with Gasteiger partial charge in [-0.15, -0.1) is 0 Å². The van der Waals surface area contributed by atoms with Gasteiger partial charge in [-0.3, -0.25) is 9.97 Å². The molecule has 0 radical (unpaired) electrons. The quantitative estimate of drug-likeness (QED) is 0.619. The van der Waals surface area contributed by atoms with E-state index in [9.17, 15) is 0 Å². The molecule has 1 rings (SSSR count). The van der Waals surface area contributed by atoms with Crippen LogP contribution < -0.4 is 0 Å². The second-order valence-corrected chi connectivity index (χ2v) is 5.21. The molecule has 1 aromatic rings. The summed E-state index contributed by atoms with van der Waals surface area (Å²) in [5.74, 6) is 0. The van der Waals surface area contributed by atoms with Crippen molar-refractivity contribution >= 4 is 0 Å². The molecular formula is C15H26N2. The number of nitrogens with zero attached hydrogens (tertiary/aromatic N) is 2. The Labute approximate surface area is 106 Å². The van der Waals surface area contributed by atoms with E-state index in [2.05, 4.69) is 30.7 Å². The normalized spacial score (nSPS) is 14.5. The molecule has 0 N–H and O–H groups in total. The van der Waals surface area contributed by atoms with Crippen molar-refractivity contribution in [3.8, 4) is 0 Å². The Morgan fingerprint density at radius 1 is 1.00 bits per heavy atom. The molecule has 0 aromatic carbocycles. The highest BCUT2D eigenvalue weighted by Gasteiger charge is 2.26. The molecule has 0 fully saturated rings. The molecule has 1 aromatic heterocycles. The van der Waals surface area contributed by atoms with Crippen LogP contribution in [0.1, 0.15) is 71.4 Å². The van der Waals surface area contributed by atoms with E-state index in [-0.39, 0.29) is 5.41 Å². The molecule has 0 bridgehead atoms. The van der Waals surface area contributed by atoms with Crippen LogP contribution in [0.4, 0.5) is 0 Å². The maximum Gasteiger partial charge on any atom is 0.0645 e. The molecule has 96 valence electrons. The summed E-state index contributed by atoms with van der Waals surface area (Å²) < 4.78 is 0. The minimum absolute atomic E-state index is 0.222. The lowest BCUT2D eigenvalue weighted by molar-refractivity contribution is 0.360. The summed E-state index contributed by atoms with van der Waals surface area (Å²) >= 11 is 0. The Kier molecular flexibility index (Phi) is 6.17. The standard InChI is InChI=1S/C15H26N2/c1-4-6-8-10-15(3,9-7-5-2)14-13-16-11-12-17-14/h11-13H,4-10H2,1-3H3. The van der Waals surface area contributed by atoms with Gasteiger partial charge in [0.25, 0.3) is 0 Å². The molecule has 0 saturated carbocycles. The van der Waals surface area contributed by atoms with Gasteiger partial charge in [-0.2, -0.15) is 0 Å². The molecule has 1 heterocycles. The van der Waals surface area contributed by atoms with E-state index in [0.29, 0.717) is 0 Å². The first kappa shape index (κ1) is 14.1. The van der Waals surface area contributed by atoms with E-state index in [1.807, 2.05) is 12.4 Å². The topological polar surface area (TPSA) is 25.8 Å². The lowest BCUT2D eigenvalue weighted by Crippen LogP contribution is -2.23. The fraction of sp³-hybridized carbons (Fsp3) is 0.733. The average molecular weight is 234 g/mol. The molecule has 0 aliphatic carbocycles. The lowest BCUT2D eigenvalue weighted by Gasteiger charge is -2.28. The predicted octanol–water partition coefficient (Wildman–Crippen LogP) is 4.50. The number of rotatable bonds is 8. The zero-order valence-corrected chi connectivity index (χ0v) is 11.6. The largest absolute Gasteiger partial charge is 0.261 e. The molecule has 0 spiro atoms. The van der Waals surface area contributed by atoms with Gasteiger partial charge in [-0.05, 0) is 12.8 Å². The van der Waals surface area contributed by atoms with Crippen molar-refractivity contribution in [2.45, 2.75) is 71.1 Å². The van der Waals surface area contributed by atoms with Crippen LogP contribution >= 0.6 is 0 Å². The number of unbranched alkanes of at least 4 members (excludes halogenated alkanes) is 3. The summed E-state index contributed by atoms with van der Waals surface area (Å²) in [4.78, 5) is 8.74. The molecule has 0 aliphatic rings. The molecule has 1 atom stereocenters. The monoisotopic (exact) mass is 234 g/mol. The maximum atomic E-state index is 4.52. The molecule has 1 unspecified atom stereocenters. The van der Waals surface area contributed by atoms with Gasteiger partial charge in [0.2, 0.25) is 0 Å². The van der Waals surface area contributed by atoms with Crippen LogP contribution in [0.2, 0.25) is 0 Å². The highest BCUT2D eigenvalue weighted by atomic mass is 14.8. The van der Waals surface area contributed by atoms with E-state index in [0.717, 1.165) is 0 Å². The van der Waals surface area contributed by atoms with Crippen molar-refractivity contribution in [3.05, 3.63) is 24.3 Å². The second kappa shape index (κ2) is 7.41. The first-order chi connectivity index (χ1) is 8.23. The molecule has 17 heavy (non-hydrogen) atoms. The van der Waals surface area contributed by atoms with E-state index in [1.54, 1.807) is 6.20 Å². The van der Waals surface area contributed by atoms with Gasteiger partial charge in [-0.25, -0.2) is 0 Å². The third-order valence-corrected chi connectivity index (χ3v) is 3.60. The van der Waals surface area contributed by atoms with Crippen LogP contribution in [0.25, 0.3) is 0 Å². The number of aromatic nitrogens is 2. The molecule has 2 nitrogen and oxygen atoms in total. The summed E-state index contributed by atoms with van der Waals surface area (Å²) in [5.41, 5.74) is 1.39. The third-order valence-electron chi connectivity index (χ3n) is 3.60. The van der Waals surface area contributed by atoms with Gasteiger partial charge in [0.1, 0.15) is 0 Å². The average Bonchev–Trinajstić information content (AvgIpc) is 2.38. The summed E-state index contributed by atoms with van der Waals surface area (Å²) in [6, 6.07) is 0. The lowest BCUT2D eigenvalue weighted by atomic mass is 9.77. The van der Waals surface area contributed by atoms with Gasteiger partial charge in [0.05, 0.1) is 5.69 Å². The van der Waals surface area contributed by atoms with Crippen LogP contribution in [0.5, 0.6) is 0 Å². The van der Waals surface area contributed by atoms with Crippen molar-refractivity contribution in [3.63, 3.8) is 0 Å². The summed E-state index contributed by atoms with van der Waals surface area (Å²) in [7, 11) is 0. The van der Waals surface area contributed by atoms with E-state index in [4.69, 9.17) is 0 Å². The summed E-state index contributed by atoms with van der Waals surface area (Å²) in [6.45, 7) is 6.86. The Morgan fingerprint density at radius 3 is 2.29 bits per heavy atom. The summed E-state index contributed by atoms with van der Waals surface area (Å²) in [5, 5.41) is 0. The fourth-order valence-corrected chi connectivity index (χ4v) is 2.32. The van der Waals surface area contributed by atoms with Crippen LogP contribution in [0.15, 0.2) is 18.6 Å². The third kappa shape index (κ3) is 4.45. The SMILES string of the molecule is CCCCCC(C)(CCCC)c1cnccn1. The maximum absolute atomic E-state index is 4.52. The molecular weight excluding hydrogens is 208 g/mol. The minimum Gasteiger partial charge on any atom is -0.261 e. The Hall–Kier alpha value is -0.920. The van der Waals surface area contributed by atoms with Crippen molar-refractivity contribution in [2.75, 3.05) is 0 Å². The van der Waals surface area contributed by atoms with Crippen molar-refractivity contribution in [1.29, 1.82) is 0 Å². The van der Waals surface area contributed by atoms with Crippen LogP contribution in [-0.2, 0) is 5.41 Å². The minimum atomic E-state index is 0.222. The Bertz CT molecular complexity index is 297. The smallest absolute Gasteiger partial charge is 0.0645 e. The van der Waals surface area contributed by atoms with Crippen LogP contribution in [-0.4, -0.2) is 9.97 Å². The first-order valence-electron chi connectivity index (χ1n) is 6.99. The Morgan fingerprint density at radius 2 is 1.71 bits per heavy atom. The van der Waals surface area contributed by atoms with Gasteiger partial charge < -0.3 is 0 Å². The summed E-state index contributed by atoms with van der Waals surface area (Å²) in [6.07, 6.45) is 14.4. The van der Waals surface area contributed by atoms with Gasteiger partial charge in [-0.1, -0.05) is 52.9 Å². The van der Waals surface area contributed by atoms with E-state index >= 15 is 0 Å². The molecule has 0 amide bonds. The highest BCUT2D eigenvalue weighted by Crippen LogP contribution is 2.33. The molecule has 2 heteroatoms. The molecule has 0 aliphatic heterocycles. The zero-order chi connectivity index (χ0) is 12.6. The van der Waals surface area contributed by atoms with E-state index < -0.39 is 0 Å². The zero-order valence-electron chi connectivity index (χ0n) is 11.6. The highest BCUT2D eigenvalue weighted by molar-refractivity contribution is 5.11. The first-order valence-corrected chi connectivity index (χ1v) is 6.99. The van der Waals surface area contributed by atoms with Crippen molar-refractivity contribution in [1.82, 2.24) is 9.97 Å². The predicted molar refractivity (Wildman–Crippen MR) is 73.1 cm³/mol. The van der Waals surface area contributed by atoms with E-state index in [1.165, 1.54) is 50.6 Å². The second-order valence-electron chi connectivity index (χ2n) is 5.21. The van der Waals surface area contributed by atoms with Gasteiger partial charge in [0, 0.05) is 24.0 Å². The van der Waals surface area contributed by atoms with Crippen molar-refractivity contribution in [2.24, 2.45) is 0 Å². The fourth-order valence-electron chi connectivity index (χ4n) is 2.32. The van der Waals surface area contributed by atoms with Gasteiger partial charge in [0.15, 0.2) is 0 Å². The van der Waals surface area contributed by atoms with Gasteiger partial charge >= 0.3 is 0 Å². The van der Waals surface area contributed by atoms with Crippen molar-refractivity contribution < 1.29 is 0 Å².